The topological polar surface area (TPSA) is 43.4 Å². The minimum Gasteiger partial charge on any atom is -0.457 e. The highest BCUT2D eigenvalue weighted by Crippen LogP contribution is 2.09. The van der Waals surface area contributed by atoms with Crippen LogP contribution in [0.4, 0.5) is 0 Å². The fraction of sp³-hybridized carbons (Fsp3) is 0.125. The van der Waals surface area contributed by atoms with Crippen molar-refractivity contribution in [3.63, 3.8) is 0 Å². The summed E-state index contributed by atoms with van der Waals surface area (Å²) < 4.78 is 5.21. The molecule has 4 heteroatoms. The van der Waals surface area contributed by atoms with E-state index in [1.807, 2.05) is 30.3 Å². The molecule has 0 amide bonds. The molecule has 20 heavy (non-hydrogen) atoms. The number of ether oxygens (including phenoxy) is 1. The Balaban J connectivity index is 1.97. The number of esters is 1. The molecular formula is C16H13BrO3. The summed E-state index contributed by atoms with van der Waals surface area (Å²) in [4.78, 5) is 23.3. The van der Waals surface area contributed by atoms with E-state index in [1.165, 1.54) is 0 Å². The van der Waals surface area contributed by atoms with Gasteiger partial charge in [-0.2, -0.15) is 0 Å². The van der Waals surface area contributed by atoms with Gasteiger partial charge in [-0.25, -0.2) is 4.79 Å². The van der Waals surface area contributed by atoms with Gasteiger partial charge in [0.1, 0.15) is 6.61 Å². The average molecular weight is 333 g/mol. The standard InChI is InChI=1S/C16H13BrO3/c17-10-15(18)13-6-8-14(9-7-13)16(19)20-11-12-4-2-1-3-5-12/h1-9H,10-11H2. The van der Waals surface area contributed by atoms with Crippen molar-refractivity contribution in [1.82, 2.24) is 0 Å². The minimum atomic E-state index is -0.397. The van der Waals surface area contributed by atoms with Crippen molar-refractivity contribution in [1.29, 1.82) is 0 Å². The monoisotopic (exact) mass is 332 g/mol. The Bertz CT molecular complexity index is 591. The van der Waals surface area contributed by atoms with Gasteiger partial charge in [-0.3, -0.25) is 4.79 Å². The number of hydrogen-bond donors (Lipinski definition) is 0. The van der Waals surface area contributed by atoms with Crippen LogP contribution >= 0.6 is 15.9 Å². The Morgan fingerprint density at radius 3 is 2.10 bits per heavy atom. The van der Waals surface area contributed by atoms with Crippen LogP contribution in [0.2, 0.25) is 0 Å². The van der Waals surface area contributed by atoms with Crippen LogP contribution in [0.1, 0.15) is 26.3 Å². The highest BCUT2D eigenvalue weighted by atomic mass is 79.9. The summed E-state index contributed by atoms with van der Waals surface area (Å²) in [5, 5.41) is 0.269. The molecule has 2 aromatic rings. The summed E-state index contributed by atoms with van der Waals surface area (Å²) in [5.74, 6) is -0.416. The van der Waals surface area contributed by atoms with Crippen molar-refractivity contribution < 1.29 is 14.3 Å². The molecule has 0 aliphatic rings. The number of halogens is 1. The molecule has 0 aromatic heterocycles. The molecule has 0 bridgehead atoms. The molecular weight excluding hydrogens is 320 g/mol. The smallest absolute Gasteiger partial charge is 0.338 e. The number of carbonyl (C=O) groups excluding carboxylic acids is 2. The van der Waals surface area contributed by atoms with E-state index in [1.54, 1.807) is 24.3 Å². The summed E-state index contributed by atoms with van der Waals surface area (Å²) in [6, 6.07) is 15.9. The van der Waals surface area contributed by atoms with Crippen molar-refractivity contribution in [2.75, 3.05) is 5.33 Å². The molecule has 0 aliphatic carbocycles. The first-order chi connectivity index (χ1) is 9.70. The summed E-state index contributed by atoms with van der Waals surface area (Å²) in [6.45, 7) is 0.238. The molecule has 0 N–H and O–H groups in total. The minimum absolute atomic E-state index is 0.0193. The maximum Gasteiger partial charge on any atom is 0.338 e. The summed E-state index contributed by atoms with van der Waals surface area (Å²) >= 11 is 3.11. The lowest BCUT2D eigenvalue weighted by molar-refractivity contribution is 0.0472. The van der Waals surface area contributed by atoms with E-state index in [9.17, 15) is 9.59 Å². The zero-order valence-electron chi connectivity index (χ0n) is 10.7. The molecule has 0 aliphatic heterocycles. The van der Waals surface area contributed by atoms with E-state index >= 15 is 0 Å². The first-order valence-electron chi connectivity index (χ1n) is 6.11. The Kier molecular flexibility index (Phi) is 5.07. The molecule has 0 atom stereocenters. The maximum atomic E-state index is 11.9. The van der Waals surface area contributed by atoms with E-state index in [-0.39, 0.29) is 17.7 Å². The van der Waals surface area contributed by atoms with Crippen LogP contribution in [0.15, 0.2) is 54.6 Å². The predicted molar refractivity (Wildman–Crippen MR) is 80.1 cm³/mol. The van der Waals surface area contributed by atoms with Gasteiger partial charge in [0.05, 0.1) is 10.9 Å². The molecule has 2 rings (SSSR count). The van der Waals surface area contributed by atoms with E-state index < -0.39 is 5.97 Å². The van der Waals surface area contributed by atoms with E-state index in [0.29, 0.717) is 11.1 Å². The van der Waals surface area contributed by atoms with E-state index in [0.717, 1.165) is 5.56 Å². The molecule has 0 saturated heterocycles. The number of carbonyl (C=O) groups is 2. The van der Waals surface area contributed by atoms with Crippen LogP contribution in [-0.4, -0.2) is 17.1 Å². The molecule has 0 heterocycles. The molecule has 102 valence electrons. The van der Waals surface area contributed by atoms with Gasteiger partial charge in [-0.1, -0.05) is 58.4 Å². The van der Waals surface area contributed by atoms with Gasteiger partial charge < -0.3 is 4.74 Å². The van der Waals surface area contributed by atoms with Gasteiger partial charge >= 0.3 is 5.97 Å². The van der Waals surface area contributed by atoms with Gasteiger partial charge in [-0.15, -0.1) is 0 Å². The highest BCUT2D eigenvalue weighted by Gasteiger charge is 2.09. The second-order valence-corrected chi connectivity index (χ2v) is 4.76. The molecule has 0 unspecified atom stereocenters. The second kappa shape index (κ2) is 7.01. The fourth-order valence-electron chi connectivity index (χ4n) is 1.68. The lowest BCUT2D eigenvalue weighted by Gasteiger charge is -2.05. The number of rotatable bonds is 5. The van der Waals surface area contributed by atoms with E-state index in [2.05, 4.69) is 15.9 Å². The van der Waals surface area contributed by atoms with Crippen LogP contribution in [0.3, 0.4) is 0 Å². The van der Waals surface area contributed by atoms with Crippen molar-refractivity contribution in [2.45, 2.75) is 6.61 Å². The van der Waals surface area contributed by atoms with Crippen molar-refractivity contribution in [2.24, 2.45) is 0 Å². The third kappa shape index (κ3) is 3.78. The van der Waals surface area contributed by atoms with Crippen molar-refractivity contribution in [3.05, 3.63) is 71.3 Å². The number of Topliss-reactive ketones (excluding diaryl/α,β-unsaturated/α-hetero) is 1. The summed E-state index contributed by atoms with van der Waals surface area (Å²) in [5.41, 5.74) is 1.94. The van der Waals surface area contributed by atoms with Crippen LogP contribution in [0, 0.1) is 0 Å². The second-order valence-electron chi connectivity index (χ2n) is 4.20. The van der Waals surface area contributed by atoms with Gasteiger partial charge in [0, 0.05) is 5.56 Å². The molecule has 0 radical (unpaired) electrons. The van der Waals surface area contributed by atoms with Gasteiger partial charge in [0.2, 0.25) is 0 Å². The molecule has 0 fully saturated rings. The first kappa shape index (κ1) is 14.5. The molecule has 0 spiro atoms. The zero-order chi connectivity index (χ0) is 14.4. The molecule has 2 aromatic carbocycles. The largest absolute Gasteiger partial charge is 0.457 e. The van der Waals surface area contributed by atoms with Crippen LogP contribution in [-0.2, 0) is 11.3 Å². The lowest BCUT2D eigenvalue weighted by atomic mass is 10.1. The number of hydrogen-bond acceptors (Lipinski definition) is 3. The van der Waals surface area contributed by atoms with Crippen molar-refractivity contribution in [3.8, 4) is 0 Å². The number of ketones is 1. The highest BCUT2D eigenvalue weighted by molar-refractivity contribution is 9.09. The quantitative estimate of drug-likeness (QED) is 0.477. The third-order valence-electron chi connectivity index (χ3n) is 2.78. The molecule has 3 nitrogen and oxygen atoms in total. The van der Waals surface area contributed by atoms with Crippen molar-refractivity contribution >= 4 is 27.7 Å². The third-order valence-corrected chi connectivity index (χ3v) is 3.29. The number of benzene rings is 2. The zero-order valence-corrected chi connectivity index (χ0v) is 12.3. The lowest BCUT2D eigenvalue weighted by Crippen LogP contribution is -2.06. The Hall–Kier alpha value is -1.94. The number of alkyl halides is 1. The van der Waals surface area contributed by atoms with Crippen LogP contribution in [0.25, 0.3) is 0 Å². The van der Waals surface area contributed by atoms with Crippen LogP contribution < -0.4 is 0 Å². The fourth-order valence-corrected chi connectivity index (χ4v) is 2.00. The maximum absolute atomic E-state index is 11.9. The van der Waals surface area contributed by atoms with Gasteiger partial charge in [-0.05, 0) is 17.7 Å². The Morgan fingerprint density at radius 2 is 1.50 bits per heavy atom. The van der Waals surface area contributed by atoms with Gasteiger partial charge in [0.25, 0.3) is 0 Å². The average Bonchev–Trinajstić information content (AvgIpc) is 2.53. The molecule has 0 saturated carbocycles. The predicted octanol–water partition coefficient (Wildman–Crippen LogP) is 3.62. The van der Waals surface area contributed by atoms with Crippen LogP contribution in [0.5, 0.6) is 0 Å². The SMILES string of the molecule is O=C(CBr)c1ccc(C(=O)OCc2ccccc2)cc1. The summed E-state index contributed by atoms with van der Waals surface area (Å²) in [7, 11) is 0. The normalized spacial score (nSPS) is 10.1. The first-order valence-corrected chi connectivity index (χ1v) is 7.23. The van der Waals surface area contributed by atoms with Gasteiger partial charge in [0.15, 0.2) is 5.78 Å². The Morgan fingerprint density at radius 1 is 0.900 bits per heavy atom. The summed E-state index contributed by atoms with van der Waals surface area (Å²) in [6.07, 6.45) is 0. The van der Waals surface area contributed by atoms with E-state index in [4.69, 9.17) is 4.74 Å². The Labute approximate surface area is 125 Å².